The molecule has 10 aromatic carbocycles. The number of carbonyl (C=O) groups is 5. The lowest BCUT2D eigenvalue weighted by Gasteiger charge is -2.15. The normalized spacial score (nSPS) is 11.1. The number of esters is 2. The first kappa shape index (κ1) is 104. The monoisotopic (exact) mass is 1800 g/mol. The number of aromatic nitrogens is 3. The van der Waals surface area contributed by atoms with Crippen LogP contribution in [0.15, 0.2) is 275 Å². The Morgan fingerprint density at radius 1 is 0.358 bits per heavy atom. The molecular weight excluding hydrogens is 1700 g/mol. The van der Waals surface area contributed by atoms with Gasteiger partial charge in [-0.15, -0.1) is 0 Å². The van der Waals surface area contributed by atoms with Crippen LogP contribution in [-0.2, 0) is 29.1 Å². The number of phenolic OH excluding ortho intramolecular Hbond substituents is 1. The molecule has 0 bridgehead atoms. The van der Waals surface area contributed by atoms with Crippen molar-refractivity contribution in [1.29, 1.82) is 26.3 Å². The minimum absolute atomic E-state index is 0.0648. The summed E-state index contributed by atoms with van der Waals surface area (Å²) in [7, 11) is 2.69. The van der Waals surface area contributed by atoms with E-state index in [0.29, 0.717) is 96.3 Å². The number of pyridine rings is 3. The lowest BCUT2D eigenvalue weighted by Crippen LogP contribution is -2.27. The summed E-state index contributed by atoms with van der Waals surface area (Å²) in [5.41, 5.74) is 21.4. The molecule has 0 aliphatic rings. The van der Waals surface area contributed by atoms with Gasteiger partial charge in [0.1, 0.15) is 53.2 Å². The summed E-state index contributed by atoms with van der Waals surface area (Å²) in [5, 5.41) is 76.0. The predicted molar refractivity (Wildman–Crippen MR) is 506 cm³/mol. The molecule has 2 amide bonds. The number of nitrogens with two attached hydrogens (primary N) is 1. The van der Waals surface area contributed by atoms with E-state index < -0.39 is 12.1 Å². The molecule has 28 nitrogen and oxygen atoms in total. The number of aryl methyl sites for hydroxylation is 6. The van der Waals surface area contributed by atoms with Crippen LogP contribution in [0.25, 0.3) is 0 Å². The molecule has 10 N–H and O–H groups in total. The standard InChI is InChI=1S/2C24H23N3O3.C17H15NO3.C16H13NO3.C10H12O3.C8H12N2O.C7H5NO/c1-15-12-16(2)27-24(29)22(15)14-26-23(28)20-8-6-19(7-9-20)17(3)30-21-10-4-18(13-25)5-11-21;1-15-11-16(2)27-24(29)22(15)14-26-23(28)20-9-7-19(8-10-20)17(3)30-21-6-4-5-18(12-21)13-25;1-12(21-16-9-3-13(11-18)4-10-16)14-5-7-15(8-6-14)17(19)20-2;1-11(13-4-6-14(7-5-13)16(18)19)20-15-8-2-12(10-17)3-9-15;1-7(11)8-3-5-9(6-4-8)10(12)13-2;1-5-3-6(2)10-8(11)7(5)4-9;8-5-6-1-3-7(9)4-2-6/h2*4-12,17H,14H2,1-3H3,(H,26,28)(H,27,29);3-10,12H,1-2H3;2-9,11H,1H3,(H,18,19);3-7,11H,1-2H3;3H,4,9H2,1-2H3,(H,10,11);1-4,9H. The van der Waals surface area contributed by atoms with Crippen LogP contribution in [0.5, 0.6) is 28.7 Å². The van der Waals surface area contributed by atoms with Gasteiger partial charge in [-0.2, -0.15) is 26.3 Å². The SMILES string of the molecule is CC(Oc1ccc(C#N)cc1)c1ccc(C(=O)O)cc1.COC(=O)c1ccc(C(C)O)cc1.COC(=O)c1ccc(C(C)Oc2ccc(C#N)cc2)cc1.Cc1cc(C)c(CN)c(=O)[nH]1.Cc1cc(C)c(CNC(=O)c2ccc(C(C)Oc3ccc(C#N)cc3)cc2)c(=O)[nH]1.Cc1cc(C)c(CNC(=O)c2ccc(C(C)Oc3cccc(C#N)c3)cc2)c(=O)[nH]1.N#Cc1ccc(O)cc1. The average molecular weight is 1800 g/mol. The number of aromatic carboxylic acids is 1. The molecule has 134 heavy (non-hydrogen) atoms. The van der Waals surface area contributed by atoms with Gasteiger partial charge in [0.15, 0.2) is 0 Å². The molecule has 5 unspecified atom stereocenters. The highest BCUT2D eigenvalue weighted by Gasteiger charge is 2.18. The Morgan fingerprint density at radius 3 is 0.910 bits per heavy atom. The van der Waals surface area contributed by atoms with Gasteiger partial charge in [-0.1, -0.05) is 66.7 Å². The molecule has 0 saturated heterocycles. The van der Waals surface area contributed by atoms with Crippen molar-refractivity contribution in [2.45, 2.75) is 126 Å². The Kier molecular flexibility index (Phi) is 40.5. The van der Waals surface area contributed by atoms with Crippen molar-refractivity contribution in [3.63, 3.8) is 0 Å². The van der Waals surface area contributed by atoms with Crippen LogP contribution in [0.1, 0.15) is 223 Å². The summed E-state index contributed by atoms with van der Waals surface area (Å²) >= 11 is 0. The zero-order valence-electron chi connectivity index (χ0n) is 76.2. The number of methoxy groups -OCH3 is 2. The summed E-state index contributed by atoms with van der Waals surface area (Å²) in [4.78, 5) is 102. The fourth-order valence-electron chi connectivity index (χ4n) is 12.7. The van der Waals surface area contributed by atoms with E-state index in [0.717, 1.165) is 61.6 Å². The number of rotatable bonds is 23. The maximum absolute atomic E-state index is 12.5. The van der Waals surface area contributed by atoms with Gasteiger partial charge in [-0.3, -0.25) is 24.0 Å². The number of H-pyrrole nitrogens is 3. The summed E-state index contributed by atoms with van der Waals surface area (Å²) in [6.45, 7) is 21.0. The Labute approximate surface area is 776 Å². The number of aliphatic hydroxyl groups excluding tert-OH is 1. The third-order valence-electron chi connectivity index (χ3n) is 20.2. The van der Waals surface area contributed by atoms with Crippen LogP contribution in [0.2, 0.25) is 0 Å². The number of hydrogen-bond donors (Lipinski definition) is 9. The van der Waals surface area contributed by atoms with E-state index in [4.69, 9.17) is 61.2 Å². The molecule has 13 aromatic rings. The number of nitrogens with one attached hydrogen (secondary N) is 5. The quantitative estimate of drug-likeness (QED) is 0.0269. The summed E-state index contributed by atoms with van der Waals surface area (Å²) < 4.78 is 32.5. The predicted octanol–water partition coefficient (Wildman–Crippen LogP) is 18.0. The van der Waals surface area contributed by atoms with Gasteiger partial charge in [0, 0.05) is 64.5 Å². The van der Waals surface area contributed by atoms with Crippen molar-refractivity contribution < 1.29 is 67.7 Å². The molecule has 3 heterocycles. The number of benzene rings is 10. The third kappa shape index (κ3) is 32.8. The topological polar surface area (TPSA) is 469 Å². The Morgan fingerprint density at radius 2 is 0.634 bits per heavy atom. The minimum Gasteiger partial charge on any atom is -0.508 e. The first-order valence-electron chi connectivity index (χ1n) is 41.9. The Hall–Kier alpha value is -17.2. The largest absolute Gasteiger partial charge is 0.508 e. The molecule has 0 fully saturated rings. The molecule has 0 spiro atoms. The van der Waals surface area contributed by atoms with E-state index >= 15 is 0 Å². The molecule has 0 aliphatic heterocycles. The van der Waals surface area contributed by atoms with Crippen LogP contribution >= 0.6 is 0 Å². The van der Waals surface area contributed by atoms with E-state index in [9.17, 15) is 43.5 Å². The van der Waals surface area contributed by atoms with Crippen LogP contribution in [0.3, 0.4) is 0 Å². The van der Waals surface area contributed by atoms with Crippen LogP contribution < -0.4 is 52.0 Å². The van der Waals surface area contributed by atoms with Crippen molar-refractivity contribution in [3.8, 4) is 59.1 Å². The number of carbonyl (C=O) groups excluding carboxylic acids is 4. The second kappa shape index (κ2) is 52.3. The number of ether oxygens (including phenoxy) is 6. The zero-order chi connectivity index (χ0) is 98.1. The average Bonchev–Trinajstić information content (AvgIpc) is 0.846. The van der Waals surface area contributed by atoms with E-state index in [2.05, 4.69) is 53.3 Å². The molecule has 28 heteroatoms. The summed E-state index contributed by atoms with van der Waals surface area (Å²) in [6, 6.07) is 84.3. The number of nitriles is 5. The van der Waals surface area contributed by atoms with Gasteiger partial charge in [-0.05, 0) is 315 Å². The number of hydrogen-bond acceptors (Lipinski definition) is 22. The lowest BCUT2D eigenvalue weighted by molar-refractivity contribution is 0.0591. The Balaban J connectivity index is 0.000000221. The van der Waals surface area contributed by atoms with Gasteiger partial charge in [0.2, 0.25) is 0 Å². The molecule has 0 radical (unpaired) electrons. The smallest absolute Gasteiger partial charge is 0.337 e. The number of phenols is 1. The highest BCUT2D eigenvalue weighted by atomic mass is 16.5. The fraction of sp³-hybridized carbons (Fsp3) is 0.198. The second-order valence-corrected chi connectivity index (χ2v) is 30.2. The van der Waals surface area contributed by atoms with Crippen LogP contribution in [-0.4, -0.2) is 74.2 Å². The lowest BCUT2D eigenvalue weighted by atomic mass is 10.1. The molecule has 0 aliphatic carbocycles. The van der Waals surface area contributed by atoms with E-state index in [1.807, 2.05) is 136 Å². The van der Waals surface area contributed by atoms with Gasteiger partial charge in [-0.25, -0.2) is 14.4 Å². The number of aliphatic hydroxyl groups is 1. The first-order valence-corrected chi connectivity index (χ1v) is 41.9. The van der Waals surface area contributed by atoms with Crippen molar-refractivity contribution in [2.24, 2.45) is 5.73 Å². The van der Waals surface area contributed by atoms with Crippen LogP contribution in [0.4, 0.5) is 0 Å². The number of nitrogens with zero attached hydrogens (tertiary/aromatic N) is 5. The third-order valence-corrected chi connectivity index (χ3v) is 20.2. The van der Waals surface area contributed by atoms with Gasteiger partial charge in [0.05, 0.1) is 95.2 Å². The number of carboxylic acid groups (broad SMARTS) is 1. The van der Waals surface area contributed by atoms with Gasteiger partial charge >= 0.3 is 17.9 Å². The number of carboxylic acids is 1. The van der Waals surface area contributed by atoms with Crippen molar-refractivity contribution in [1.82, 2.24) is 25.6 Å². The molecule has 13 rings (SSSR count). The number of aromatic amines is 3. The minimum atomic E-state index is -0.947. The molecule has 5 atom stereocenters. The van der Waals surface area contributed by atoms with E-state index in [1.165, 1.54) is 26.4 Å². The first-order chi connectivity index (χ1) is 64.1. The molecule has 684 valence electrons. The van der Waals surface area contributed by atoms with Crippen LogP contribution in [0, 0.1) is 98.2 Å². The zero-order valence-corrected chi connectivity index (χ0v) is 76.2. The van der Waals surface area contributed by atoms with Crippen molar-refractivity contribution in [2.75, 3.05) is 14.2 Å². The summed E-state index contributed by atoms with van der Waals surface area (Å²) in [6.07, 6.45) is -1.34. The van der Waals surface area contributed by atoms with Gasteiger partial charge in [0.25, 0.3) is 28.5 Å². The highest BCUT2D eigenvalue weighted by Crippen LogP contribution is 2.28. The maximum atomic E-state index is 12.5. The number of aromatic hydroxyl groups is 1. The second-order valence-electron chi connectivity index (χ2n) is 30.2. The molecule has 3 aromatic heterocycles. The molecular formula is C106H103N11O17. The fourth-order valence-corrected chi connectivity index (χ4v) is 12.7. The number of amides is 2. The van der Waals surface area contributed by atoms with E-state index in [-0.39, 0.29) is 89.2 Å². The molecule has 0 saturated carbocycles. The Bertz CT molecular complexity index is 6550. The van der Waals surface area contributed by atoms with Crippen molar-refractivity contribution >= 4 is 29.7 Å². The van der Waals surface area contributed by atoms with Crippen molar-refractivity contribution in [3.05, 3.63) is 426 Å². The van der Waals surface area contributed by atoms with Gasteiger partial charge < -0.3 is 75.1 Å². The maximum Gasteiger partial charge on any atom is 0.337 e. The van der Waals surface area contributed by atoms with E-state index in [1.54, 1.807) is 201 Å². The highest BCUT2D eigenvalue weighted by molar-refractivity contribution is 5.95. The summed E-state index contributed by atoms with van der Waals surface area (Å²) in [5.74, 6) is 0.657.